The molecule has 3 atom stereocenters. The SMILES string of the molecule is [2H]CC(C)(C)OC(=O)NC(C(=O)N1CCC[C@H]1C(=O)N[C@H](C=O)CCCN=C(N)N)c1ccccc1. The lowest BCUT2D eigenvalue weighted by Crippen LogP contribution is -2.52. The minimum absolute atomic E-state index is 0.0458. The molecule has 1 heterocycles. The fraction of sp³-hybridized carbons (Fsp3) is 0.542. The van der Waals surface area contributed by atoms with Crippen molar-refractivity contribution in [2.45, 2.75) is 70.2 Å². The third kappa shape index (κ3) is 8.91. The number of guanidine groups is 1. The number of aldehydes is 1. The van der Waals surface area contributed by atoms with Gasteiger partial charge in [0.15, 0.2) is 5.96 Å². The lowest BCUT2D eigenvalue weighted by Gasteiger charge is -2.30. The average molecular weight is 490 g/mol. The zero-order valence-electron chi connectivity index (χ0n) is 21.2. The topological polar surface area (TPSA) is 169 Å². The van der Waals surface area contributed by atoms with Crippen LogP contribution in [0.2, 0.25) is 0 Å². The Morgan fingerprint density at radius 3 is 2.63 bits per heavy atom. The van der Waals surface area contributed by atoms with Crippen LogP contribution in [-0.2, 0) is 19.1 Å². The van der Waals surface area contributed by atoms with Crippen LogP contribution in [-0.4, -0.2) is 65.8 Å². The standard InChI is InChI=1S/C24H36N6O5/c1-24(2,3)35-23(34)29-19(16-9-5-4-6-10-16)21(33)30-14-8-12-18(30)20(32)28-17(15-31)11-7-13-27-22(25)26/h4-6,9-10,15,17-19H,7-8,11-14H2,1-3H3,(H,28,32)(H,29,34)(H4,25,26,27)/t17-,18-,19?/m0/s1/i1D. The van der Waals surface area contributed by atoms with Gasteiger partial charge in [-0.15, -0.1) is 0 Å². The number of hydrogen-bond donors (Lipinski definition) is 4. The van der Waals surface area contributed by atoms with Crippen molar-refractivity contribution in [3.8, 4) is 0 Å². The third-order valence-electron chi connectivity index (χ3n) is 5.31. The van der Waals surface area contributed by atoms with Gasteiger partial charge in [-0.05, 0) is 52.0 Å². The number of aliphatic imine (C=N–C) groups is 1. The summed E-state index contributed by atoms with van der Waals surface area (Å²) in [5, 5.41) is 5.29. The molecule has 2 rings (SSSR count). The predicted octanol–water partition coefficient (Wildman–Crippen LogP) is 0.981. The van der Waals surface area contributed by atoms with Crippen LogP contribution in [0.3, 0.4) is 0 Å². The summed E-state index contributed by atoms with van der Waals surface area (Å²) in [6, 6.07) is 6.04. The van der Waals surface area contributed by atoms with E-state index in [1.165, 1.54) is 4.90 Å². The van der Waals surface area contributed by atoms with Gasteiger partial charge in [-0.3, -0.25) is 14.6 Å². The van der Waals surface area contributed by atoms with E-state index in [4.69, 9.17) is 17.6 Å². The normalized spacial score (nSPS) is 17.5. The monoisotopic (exact) mass is 489 g/mol. The summed E-state index contributed by atoms with van der Waals surface area (Å²) in [5.41, 5.74) is 10.1. The van der Waals surface area contributed by atoms with E-state index in [9.17, 15) is 19.2 Å². The van der Waals surface area contributed by atoms with E-state index < -0.39 is 41.6 Å². The highest BCUT2D eigenvalue weighted by Gasteiger charge is 2.39. The molecular weight excluding hydrogens is 452 g/mol. The Labute approximate surface area is 207 Å². The lowest BCUT2D eigenvalue weighted by atomic mass is 10.0. The summed E-state index contributed by atoms with van der Waals surface area (Å²) in [6.07, 6.45) is 1.67. The van der Waals surface area contributed by atoms with Gasteiger partial charge in [-0.25, -0.2) is 4.79 Å². The first kappa shape index (κ1) is 26.0. The molecule has 0 aliphatic carbocycles. The molecule has 1 aromatic carbocycles. The number of carbonyl (C=O) groups is 4. The van der Waals surface area contributed by atoms with Crippen LogP contribution in [0.4, 0.5) is 4.79 Å². The van der Waals surface area contributed by atoms with Crippen LogP contribution in [0, 0.1) is 0 Å². The van der Waals surface area contributed by atoms with Gasteiger partial charge < -0.3 is 36.5 Å². The molecule has 0 radical (unpaired) electrons. The summed E-state index contributed by atoms with van der Waals surface area (Å²) in [5.74, 6) is -0.949. The second kappa shape index (κ2) is 12.7. The first-order valence-electron chi connectivity index (χ1n) is 12.2. The number of benzene rings is 1. The fourth-order valence-corrected chi connectivity index (χ4v) is 3.77. The molecule has 1 fully saturated rings. The molecular formula is C24H36N6O5. The first-order valence-corrected chi connectivity index (χ1v) is 11.5. The first-order chi connectivity index (χ1) is 17.1. The quantitative estimate of drug-likeness (QED) is 0.164. The number of rotatable bonds is 10. The molecule has 0 saturated carbocycles. The molecule has 192 valence electrons. The van der Waals surface area contributed by atoms with Gasteiger partial charge >= 0.3 is 6.09 Å². The Hall–Kier alpha value is -3.63. The van der Waals surface area contributed by atoms with Gasteiger partial charge in [-0.2, -0.15) is 0 Å². The molecule has 1 aromatic rings. The highest BCUT2D eigenvalue weighted by atomic mass is 16.6. The lowest BCUT2D eigenvalue weighted by molar-refractivity contribution is -0.140. The minimum atomic E-state index is -1.09. The zero-order valence-corrected chi connectivity index (χ0v) is 20.2. The molecule has 35 heavy (non-hydrogen) atoms. The van der Waals surface area contributed by atoms with E-state index in [0.717, 1.165) is 0 Å². The van der Waals surface area contributed by atoms with Crippen molar-refractivity contribution in [1.29, 1.82) is 0 Å². The van der Waals surface area contributed by atoms with E-state index in [1.54, 1.807) is 44.2 Å². The molecule has 0 spiro atoms. The number of likely N-dealkylation sites (tertiary alicyclic amines) is 1. The maximum Gasteiger partial charge on any atom is 0.408 e. The predicted molar refractivity (Wildman–Crippen MR) is 131 cm³/mol. The number of ether oxygens (including phenoxy) is 1. The summed E-state index contributed by atoms with van der Waals surface area (Å²) in [7, 11) is 0. The molecule has 1 aliphatic heterocycles. The molecule has 11 nitrogen and oxygen atoms in total. The van der Waals surface area contributed by atoms with Crippen molar-refractivity contribution in [2.75, 3.05) is 13.1 Å². The molecule has 1 aliphatic rings. The Balaban J connectivity index is 2.13. The summed E-state index contributed by atoms with van der Waals surface area (Å²) in [4.78, 5) is 55.9. The van der Waals surface area contributed by atoms with Crippen LogP contribution in [0.15, 0.2) is 35.3 Å². The van der Waals surface area contributed by atoms with Crippen molar-refractivity contribution >= 4 is 30.2 Å². The average Bonchev–Trinajstić information content (AvgIpc) is 3.34. The van der Waals surface area contributed by atoms with Crippen LogP contribution in [0.1, 0.15) is 59.4 Å². The highest BCUT2D eigenvalue weighted by molar-refractivity contribution is 5.93. The number of hydrogen-bond acceptors (Lipinski definition) is 6. The molecule has 3 amide bonds. The Morgan fingerprint density at radius 2 is 2.00 bits per heavy atom. The van der Waals surface area contributed by atoms with Gasteiger partial charge in [0.2, 0.25) is 5.91 Å². The van der Waals surface area contributed by atoms with Crippen LogP contribution < -0.4 is 22.1 Å². The van der Waals surface area contributed by atoms with E-state index in [2.05, 4.69) is 15.6 Å². The van der Waals surface area contributed by atoms with Gasteiger partial charge in [0, 0.05) is 14.5 Å². The number of amides is 3. The highest BCUT2D eigenvalue weighted by Crippen LogP contribution is 2.24. The zero-order chi connectivity index (χ0) is 26.7. The van der Waals surface area contributed by atoms with E-state index in [0.29, 0.717) is 50.6 Å². The van der Waals surface area contributed by atoms with E-state index in [-0.39, 0.29) is 12.9 Å². The van der Waals surface area contributed by atoms with E-state index >= 15 is 0 Å². The smallest absolute Gasteiger partial charge is 0.408 e. The van der Waals surface area contributed by atoms with Gasteiger partial charge in [0.05, 0.1) is 6.04 Å². The maximum absolute atomic E-state index is 13.6. The van der Waals surface area contributed by atoms with Gasteiger partial charge in [0.25, 0.3) is 5.91 Å². The second-order valence-corrected chi connectivity index (χ2v) is 9.03. The minimum Gasteiger partial charge on any atom is -0.444 e. The number of nitrogens with one attached hydrogen (secondary N) is 2. The summed E-state index contributed by atoms with van der Waals surface area (Å²) >= 11 is 0. The van der Waals surface area contributed by atoms with Gasteiger partial charge in [-0.1, -0.05) is 30.3 Å². The van der Waals surface area contributed by atoms with Crippen molar-refractivity contribution in [1.82, 2.24) is 15.5 Å². The number of carbonyl (C=O) groups excluding carboxylic acids is 4. The largest absolute Gasteiger partial charge is 0.444 e. The molecule has 0 aromatic heterocycles. The van der Waals surface area contributed by atoms with Crippen LogP contribution in [0.25, 0.3) is 0 Å². The Bertz CT molecular complexity index is 938. The van der Waals surface area contributed by atoms with Crippen molar-refractivity contribution in [3.63, 3.8) is 0 Å². The van der Waals surface area contributed by atoms with Crippen LogP contribution >= 0.6 is 0 Å². The summed E-state index contributed by atoms with van der Waals surface area (Å²) < 4.78 is 12.8. The summed E-state index contributed by atoms with van der Waals surface area (Å²) in [6.45, 7) is 3.70. The van der Waals surface area contributed by atoms with Crippen LogP contribution in [0.5, 0.6) is 0 Å². The third-order valence-corrected chi connectivity index (χ3v) is 5.31. The Morgan fingerprint density at radius 1 is 1.29 bits per heavy atom. The molecule has 0 bridgehead atoms. The van der Waals surface area contributed by atoms with Crippen molar-refractivity contribution in [2.24, 2.45) is 16.5 Å². The number of nitrogens with two attached hydrogens (primary N) is 2. The van der Waals surface area contributed by atoms with Gasteiger partial charge in [0.1, 0.15) is 24.0 Å². The van der Waals surface area contributed by atoms with Crippen molar-refractivity contribution in [3.05, 3.63) is 35.9 Å². The fourth-order valence-electron chi connectivity index (χ4n) is 3.77. The molecule has 1 unspecified atom stereocenters. The van der Waals surface area contributed by atoms with Crippen molar-refractivity contribution < 1.29 is 25.3 Å². The number of nitrogens with zero attached hydrogens (tertiary/aromatic N) is 2. The maximum atomic E-state index is 13.6. The second-order valence-electron chi connectivity index (χ2n) is 9.03. The molecule has 11 heteroatoms. The molecule has 6 N–H and O–H groups in total. The molecule has 1 saturated heterocycles. The van der Waals surface area contributed by atoms with E-state index in [1.807, 2.05) is 0 Å². The number of alkyl carbamates (subject to hydrolysis) is 1. The Kier molecular flexibility index (Phi) is 9.45.